The average molecular weight is 235 g/mol. The van der Waals surface area contributed by atoms with Crippen LogP contribution in [0.1, 0.15) is 51.7 Å². The van der Waals surface area contributed by atoms with E-state index in [0.717, 1.165) is 24.0 Å². The zero-order chi connectivity index (χ0) is 13.1. The highest BCUT2D eigenvalue weighted by Gasteiger charge is 2.32. The van der Waals surface area contributed by atoms with E-state index in [1.807, 2.05) is 19.2 Å². The van der Waals surface area contributed by atoms with Gasteiger partial charge in [-0.05, 0) is 43.2 Å². The topological polar surface area (TPSA) is 33.1 Å². The zero-order valence-corrected chi connectivity index (χ0v) is 11.7. The van der Waals surface area contributed by atoms with Crippen molar-refractivity contribution in [2.75, 3.05) is 0 Å². The van der Waals surface area contributed by atoms with Crippen molar-refractivity contribution in [2.45, 2.75) is 53.1 Å². The molecule has 2 nitrogen and oxygen atoms in total. The summed E-state index contributed by atoms with van der Waals surface area (Å²) < 4.78 is 0. The van der Waals surface area contributed by atoms with E-state index in [1.54, 1.807) is 6.20 Å². The van der Waals surface area contributed by atoms with Crippen molar-refractivity contribution in [3.63, 3.8) is 0 Å². The van der Waals surface area contributed by atoms with Crippen LogP contribution in [0.4, 0.5) is 0 Å². The number of aromatic nitrogens is 1. The number of hydrogen-bond acceptors (Lipinski definition) is 2. The fourth-order valence-electron chi connectivity index (χ4n) is 2.61. The van der Waals surface area contributed by atoms with Crippen LogP contribution in [0.3, 0.4) is 0 Å². The number of rotatable bonds is 5. The molecule has 96 valence electrons. The molecule has 1 N–H and O–H groups in total. The van der Waals surface area contributed by atoms with E-state index in [0.29, 0.717) is 11.8 Å². The molecular formula is C15H25NO. The highest BCUT2D eigenvalue weighted by Crippen LogP contribution is 2.35. The molecule has 0 bridgehead atoms. The molecule has 0 amide bonds. The van der Waals surface area contributed by atoms with Crippen LogP contribution in [0.2, 0.25) is 0 Å². The molecule has 0 unspecified atom stereocenters. The van der Waals surface area contributed by atoms with Crippen molar-refractivity contribution in [3.8, 4) is 0 Å². The average Bonchev–Trinajstić information content (AvgIpc) is 2.15. The second-order valence-electron chi connectivity index (χ2n) is 5.92. The molecule has 0 aromatic carbocycles. The maximum atomic E-state index is 11.0. The van der Waals surface area contributed by atoms with Gasteiger partial charge in [0.05, 0.1) is 5.60 Å². The molecular weight excluding hydrogens is 210 g/mol. The molecule has 0 atom stereocenters. The molecule has 17 heavy (non-hydrogen) atoms. The standard InChI is InChI=1S/C15H25NO/c1-11(2)8-15(17,9-12(3)4)14-10-16-7-6-13(14)5/h6-7,10-12,17H,8-9H2,1-5H3. The second kappa shape index (κ2) is 5.63. The maximum Gasteiger partial charge on any atom is 0.0918 e. The quantitative estimate of drug-likeness (QED) is 0.844. The highest BCUT2D eigenvalue weighted by atomic mass is 16.3. The first-order chi connectivity index (χ1) is 7.85. The monoisotopic (exact) mass is 235 g/mol. The fraction of sp³-hybridized carbons (Fsp3) is 0.667. The Hall–Kier alpha value is -0.890. The Kier molecular flexibility index (Phi) is 4.70. The Morgan fingerprint density at radius 2 is 1.71 bits per heavy atom. The Labute approximate surface area is 105 Å². The lowest BCUT2D eigenvalue weighted by Crippen LogP contribution is -2.30. The third-order valence-corrected chi connectivity index (χ3v) is 3.03. The van der Waals surface area contributed by atoms with Gasteiger partial charge < -0.3 is 5.11 Å². The van der Waals surface area contributed by atoms with Crippen molar-refractivity contribution in [1.82, 2.24) is 4.98 Å². The molecule has 1 aromatic rings. The van der Waals surface area contributed by atoms with Crippen LogP contribution in [-0.4, -0.2) is 10.1 Å². The highest BCUT2D eigenvalue weighted by molar-refractivity contribution is 5.28. The van der Waals surface area contributed by atoms with Crippen molar-refractivity contribution in [1.29, 1.82) is 0 Å². The molecule has 0 aliphatic heterocycles. The third-order valence-electron chi connectivity index (χ3n) is 3.03. The van der Waals surface area contributed by atoms with E-state index in [2.05, 4.69) is 32.7 Å². The summed E-state index contributed by atoms with van der Waals surface area (Å²) in [6.45, 7) is 10.6. The molecule has 0 fully saturated rings. The van der Waals surface area contributed by atoms with Gasteiger partial charge in [0, 0.05) is 18.0 Å². The van der Waals surface area contributed by atoms with E-state index in [1.165, 1.54) is 0 Å². The normalized spacial score (nSPS) is 12.5. The van der Waals surface area contributed by atoms with Gasteiger partial charge in [0.15, 0.2) is 0 Å². The smallest absolute Gasteiger partial charge is 0.0918 e. The molecule has 0 spiro atoms. The molecule has 0 aliphatic carbocycles. The molecule has 0 saturated heterocycles. The minimum absolute atomic E-state index is 0.471. The first-order valence-corrected chi connectivity index (χ1v) is 6.48. The molecule has 0 radical (unpaired) electrons. The van der Waals surface area contributed by atoms with Gasteiger partial charge in [0.25, 0.3) is 0 Å². The van der Waals surface area contributed by atoms with Crippen LogP contribution in [0, 0.1) is 18.8 Å². The zero-order valence-electron chi connectivity index (χ0n) is 11.7. The summed E-state index contributed by atoms with van der Waals surface area (Å²) in [5, 5.41) is 11.0. The third kappa shape index (κ3) is 3.81. The summed E-state index contributed by atoms with van der Waals surface area (Å²) in [6, 6.07) is 1.97. The van der Waals surface area contributed by atoms with Gasteiger partial charge >= 0.3 is 0 Å². The Morgan fingerprint density at radius 3 is 2.12 bits per heavy atom. The van der Waals surface area contributed by atoms with Crippen LogP contribution in [0.15, 0.2) is 18.5 Å². The number of pyridine rings is 1. The Morgan fingerprint density at radius 1 is 1.18 bits per heavy atom. The fourth-order valence-corrected chi connectivity index (χ4v) is 2.61. The van der Waals surface area contributed by atoms with Gasteiger partial charge in [0.1, 0.15) is 0 Å². The van der Waals surface area contributed by atoms with Gasteiger partial charge in [-0.15, -0.1) is 0 Å². The summed E-state index contributed by atoms with van der Waals surface area (Å²) in [5.41, 5.74) is 1.38. The van der Waals surface area contributed by atoms with Gasteiger partial charge in [-0.3, -0.25) is 4.98 Å². The van der Waals surface area contributed by atoms with Gasteiger partial charge in [-0.25, -0.2) is 0 Å². The van der Waals surface area contributed by atoms with Crippen LogP contribution in [-0.2, 0) is 5.60 Å². The SMILES string of the molecule is Cc1ccncc1C(O)(CC(C)C)CC(C)C. The van der Waals surface area contributed by atoms with Crippen LogP contribution >= 0.6 is 0 Å². The Bertz CT molecular complexity index is 348. The van der Waals surface area contributed by atoms with Gasteiger partial charge in [-0.1, -0.05) is 27.7 Å². The summed E-state index contributed by atoms with van der Waals surface area (Å²) in [6.07, 6.45) is 5.18. The van der Waals surface area contributed by atoms with E-state index in [-0.39, 0.29) is 0 Å². The number of nitrogens with zero attached hydrogens (tertiary/aromatic N) is 1. The summed E-state index contributed by atoms with van der Waals surface area (Å²) in [7, 11) is 0. The largest absolute Gasteiger partial charge is 0.385 e. The van der Waals surface area contributed by atoms with Gasteiger partial charge in [0.2, 0.25) is 0 Å². The molecule has 1 heterocycles. The van der Waals surface area contributed by atoms with E-state index < -0.39 is 5.60 Å². The molecule has 2 heteroatoms. The summed E-state index contributed by atoms with van der Waals surface area (Å²) in [5.74, 6) is 0.941. The van der Waals surface area contributed by atoms with Crippen LogP contribution < -0.4 is 0 Å². The van der Waals surface area contributed by atoms with Crippen LogP contribution in [0.25, 0.3) is 0 Å². The van der Waals surface area contributed by atoms with Crippen molar-refractivity contribution in [3.05, 3.63) is 29.6 Å². The van der Waals surface area contributed by atoms with Crippen molar-refractivity contribution < 1.29 is 5.11 Å². The molecule has 0 aliphatic rings. The lowest BCUT2D eigenvalue weighted by Gasteiger charge is -2.33. The lowest BCUT2D eigenvalue weighted by molar-refractivity contribution is -0.00533. The summed E-state index contributed by atoms with van der Waals surface area (Å²) >= 11 is 0. The minimum Gasteiger partial charge on any atom is -0.385 e. The predicted octanol–water partition coefficient (Wildman–Crippen LogP) is 3.67. The summed E-state index contributed by atoms with van der Waals surface area (Å²) in [4.78, 5) is 4.17. The number of hydrogen-bond donors (Lipinski definition) is 1. The first kappa shape index (κ1) is 14.2. The predicted molar refractivity (Wildman–Crippen MR) is 71.8 cm³/mol. The van der Waals surface area contributed by atoms with Crippen molar-refractivity contribution >= 4 is 0 Å². The maximum absolute atomic E-state index is 11.0. The van der Waals surface area contributed by atoms with E-state index >= 15 is 0 Å². The molecule has 1 rings (SSSR count). The molecule has 1 aromatic heterocycles. The van der Waals surface area contributed by atoms with Crippen molar-refractivity contribution in [2.24, 2.45) is 11.8 Å². The van der Waals surface area contributed by atoms with Gasteiger partial charge in [-0.2, -0.15) is 0 Å². The molecule has 0 saturated carbocycles. The number of aryl methyl sites for hydroxylation is 1. The second-order valence-corrected chi connectivity index (χ2v) is 5.92. The Balaban J connectivity index is 3.09. The lowest BCUT2D eigenvalue weighted by atomic mass is 9.79. The first-order valence-electron chi connectivity index (χ1n) is 6.48. The van der Waals surface area contributed by atoms with E-state index in [4.69, 9.17) is 0 Å². The van der Waals surface area contributed by atoms with Crippen LogP contribution in [0.5, 0.6) is 0 Å². The minimum atomic E-state index is -0.735. The van der Waals surface area contributed by atoms with E-state index in [9.17, 15) is 5.11 Å². The number of aliphatic hydroxyl groups is 1.